The molecule has 0 unspecified atom stereocenters. The largest absolute Gasteiger partial charge is 0.337 e. The number of aromatic nitrogens is 4. The lowest BCUT2D eigenvalue weighted by Gasteiger charge is -2.20. The van der Waals surface area contributed by atoms with Gasteiger partial charge in [-0.15, -0.1) is 0 Å². The van der Waals surface area contributed by atoms with Gasteiger partial charge in [0.2, 0.25) is 0 Å². The Morgan fingerprint density at radius 2 is 1.96 bits per heavy atom. The van der Waals surface area contributed by atoms with E-state index < -0.39 is 0 Å². The number of hydrogen-bond acceptors (Lipinski definition) is 6. The first kappa shape index (κ1) is 17.7. The second-order valence-electron chi connectivity index (χ2n) is 6.99. The summed E-state index contributed by atoms with van der Waals surface area (Å²) in [5, 5.41) is 8.63. The van der Waals surface area contributed by atoms with E-state index in [1.54, 1.807) is 0 Å². The predicted molar refractivity (Wildman–Crippen MR) is 104 cm³/mol. The Morgan fingerprint density at radius 3 is 2.81 bits per heavy atom. The van der Waals surface area contributed by atoms with Crippen LogP contribution < -0.4 is 4.90 Å². The average Bonchev–Trinajstić information content (AvgIpc) is 3.29. The molecule has 0 bridgehead atoms. The van der Waals surface area contributed by atoms with Gasteiger partial charge in [0, 0.05) is 56.6 Å². The van der Waals surface area contributed by atoms with Crippen molar-refractivity contribution in [3.05, 3.63) is 48.3 Å². The standard InChI is InChI=1S/C20H26N6O/c1-2-9-26-16-17(14-21-26)15-24-10-6-11-25(13-12-24)20-22-19(27-23-20)18-7-4-3-5-8-18/h3-5,7-8,14,16H,2,6,9-13,15H2,1H3. The number of anilines is 1. The van der Waals surface area contributed by atoms with Crippen LogP contribution in [0.25, 0.3) is 11.5 Å². The summed E-state index contributed by atoms with van der Waals surface area (Å²) in [6.45, 7) is 7.99. The highest BCUT2D eigenvalue weighted by Crippen LogP contribution is 2.21. The average molecular weight is 366 g/mol. The first-order valence-electron chi connectivity index (χ1n) is 9.69. The quantitative estimate of drug-likeness (QED) is 0.668. The molecule has 7 heteroatoms. The predicted octanol–water partition coefficient (Wildman–Crippen LogP) is 3.06. The monoisotopic (exact) mass is 366 g/mol. The first-order valence-corrected chi connectivity index (χ1v) is 9.69. The molecule has 1 fully saturated rings. The summed E-state index contributed by atoms with van der Waals surface area (Å²) in [6, 6.07) is 9.91. The fourth-order valence-corrected chi connectivity index (χ4v) is 3.47. The van der Waals surface area contributed by atoms with Crippen LogP contribution in [0.15, 0.2) is 47.2 Å². The van der Waals surface area contributed by atoms with E-state index in [-0.39, 0.29) is 0 Å². The second-order valence-corrected chi connectivity index (χ2v) is 6.99. The minimum Gasteiger partial charge on any atom is -0.337 e. The van der Waals surface area contributed by atoms with E-state index in [1.165, 1.54) is 5.56 Å². The summed E-state index contributed by atoms with van der Waals surface area (Å²) in [5.41, 5.74) is 2.24. The SMILES string of the molecule is CCCn1cc(CN2CCCN(c3noc(-c4ccccc4)n3)CC2)cn1. The van der Waals surface area contributed by atoms with E-state index >= 15 is 0 Å². The molecular formula is C20H26N6O. The number of nitrogens with zero attached hydrogens (tertiary/aromatic N) is 6. The molecule has 3 heterocycles. The number of aryl methyl sites for hydroxylation is 1. The maximum Gasteiger partial charge on any atom is 0.266 e. The van der Waals surface area contributed by atoms with Crippen molar-refractivity contribution in [2.45, 2.75) is 32.9 Å². The van der Waals surface area contributed by atoms with Gasteiger partial charge < -0.3 is 9.42 Å². The van der Waals surface area contributed by atoms with Crippen LogP contribution >= 0.6 is 0 Å². The lowest BCUT2D eigenvalue weighted by atomic mass is 10.2. The summed E-state index contributed by atoms with van der Waals surface area (Å²) < 4.78 is 7.50. The van der Waals surface area contributed by atoms with Crippen molar-refractivity contribution in [3.8, 4) is 11.5 Å². The van der Waals surface area contributed by atoms with Gasteiger partial charge in [-0.25, -0.2) is 0 Å². The van der Waals surface area contributed by atoms with Crippen molar-refractivity contribution in [1.29, 1.82) is 0 Å². The number of benzene rings is 1. The summed E-state index contributed by atoms with van der Waals surface area (Å²) in [4.78, 5) is 9.29. The Balaban J connectivity index is 1.36. The van der Waals surface area contributed by atoms with Crippen LogP contribution in [0.5, 0.6) is 0 Å². The zero-order chi connectivity index (χ0) is 18.5. The van der Waals surface area contributed by atoms with Gasteiger partial charge >= 0.3 is 0 Å². The van der Waals surface area contributed by atoms with Gasteiger partial charge in [0.05, 0.1) is 6.20 Å². The molecule has 2 aromatic heterocycles. The Labute approximate surface area is 159 Å². The Morgan fingerprint density at radius 1 is 1.07 bits per heavy atom. The molecule has 27 heavy (non-hydrogen) atoms. The van der Waals surface area contributed by atoms with Crippen molar-refractivity contribution in [2.75, 3.05) is 31.1 Å². The Bertz CT molecular complexity index is 843. The molecule has 0 radical (unpaired) electrons. The molecule has 1 aliphatic rings. The third-order valence-electron chi connectivity index (χ3n) is 4.85. The van der Waals surface area contributed by atoms with Crippen LogP contribution in [0.3, 0.4) is 0 Å². The Kier molecular flexibility index (Phi) is 5.48. The summed E-state index contributed by atoms with van der Waals surface area (Å²) in [6.07, 6.45) is 6.34. The van der Waals surface area contributed by atoms with Gasteiger partial charge in [-0.05, 0) is 30.1 Å². The minimum atomic E-state index is 0.579. The number of rotatable bonds is 6. The van der Waals surface area contributed by atoms with E-state index in [9.17, 15) is 0 Å². The maximum absolute atomic E-state index is 5.47. The second kappa shape index (κ2) is 8.35. The van der Waals surface area contributed by atoms with Gasteiger partial charge in [0.1, 0.15) is 0 Å². The molecule has 1 aromatic carbocycles. The van der Waals surface area contributed by atoms with E-state index in [1.807, 2.05) is 41.2 Å². The maximum atomic E-state index is 5.47. The van der Waals surface area contributed by atoms with Crippen LogP contribution in [0.2, 0.25) is 0 Å². The molecule has 142 valence electrons. The highest BCUT2D eigenvalue weighted by molar-refractivity contribution is 5.54. The molecular weight excluding hydrogens is 340 g/mol. The molecule has 0 spiro atoms. The van der Waals surface area contributed by atoms with Crippen molar-refractivity contribution in [1.82, 2.24) is 24.8 Å². The van der Waals surface area contributed by atoms with E-state index in [0.29, 0.717) is 11.8 Å². The highest BCUT2D eigenvalue weighted by atomic mass is 16.5. The molecule has 0 atom stereocenters. The third-order valence-corrected chi connectivity index (χ3v) is 4.85. The minimum absolute atomic E-state index is 0.579. The first-order chi connectivity index (χ1) is 13.3. The van der Waals surface area contributed by atoms with E-state index in [0.717, 1.165) is 57.7 Å². The van der Waals surface area contributed by atoms with E-state index in [4.69, 9.17) is 4.52 Å². The van der Waals surface area contributed by atoms with Crippen LogP contribution in [-0.4, -0.2) is 51.0 Å². The summed E-state index contributed by atoms with van der Waals surface area (Å²) >= 11 is 0. The van der Waals surface area contributed by atoms with E-state index in [2.05, 4.69) is 38.2 Å². The van der Waals surface area contributed by atoms with Crippen LogP contribution in [-0.2, 0) is 13.1 Å². The van der Waals surface area contributed by atoms with Crippen molar-refractivity contribution < 1.29 is 4.52 Å². The molecule has 0 amide bonds. The van der Waals surface area contributed by atoms with Crippen molar-refractivity contribution in [2.24, 2.45) is 0 Å². The topological polar surface area (TPSA) is 63.2 Å². The molecule has 4 rings (SSSR count). The normalized spacial score (nSPS) is 15.8. The van der Waals surface area contributed by atoms with Crippen molar-refractivity contribution >= 4 is 5.95 Å². The fourth-order valence-electron chi connectivity index (χ4n) is 3.47. The lowest BCUT2D eigenvalue weighted by Crippen LogP contribution is -2.31. The zero-order valence-corrected chi connectivity index (χ0v) is 15.8. The summed E-state index contributed by atoms with van der Waals surface area (Å²) in [7, 11) is 0. The van der Waals surface area contributed by atoms with Crippen LogP contribution in [0, 0.1) is 0 Å². The summed E-state index contributed by atoms with van der Waals surface area (Å²) in [5.74, 6) is 1.27. The van der Waals surface area contributed by atoms with Crippen LogP contribution in [0.1, 0.15) is 25.3 Å². The molecule has 0 N–H and O–H groups in total. The highest BCUT2D eigenvalue weighted by Gasteiger charge is 2.20. The molecule has 0 aliphatic carbocycles. The van der Waals surface area contributed by atoms with Gasteiger partial charge in [-0.1, -0.05) is 25.1 Å². The van der Waals surface area contributed by atoms with Crippen molar-refractivity contribution in [3.63, 3.8) is 0 Å². The molecule has 0 saturated carbocycles. The zero-order valence-electron chi connectivity index (χ0n) is 15.8. The van der Waals surface area contributed by atoms with Gasteiger partial charge in [0.25, 0.3) is 11.8 Å². The lowest BCUT2D eigenvalue weighted by molar-refractivity contribution is 0.285. The molecule has 1 saturated heterocycles. The third kappa shape index (κ3) is 4.36. The molecule has 1 aliphatic heterocycles. The van der Waals surface area contributed by atoms with Gasteiger partial charge in [-0.3, -0.25) is 9.58 Å². The van der Waals surface area contributed by atoms with Gasteiger partial charge in [0.15, 0.2) is 0 Å². The number of hydrogen-bond donors (Lipinski definition) is 0. The molecule has 3 aromatic rings. The molecule has 7 nitrogen and oxygen atoms in total. The Hall–Kier alpha value is -2.67. The van der Waals surface area contributed by atoms with Crippen LogP contribution in [0.4, 0.5) is 5.95 Å². The van der Waals surface area contributed by atoms with Gasteiger partial charge in [-0.2, -0.15) is 10.1 Å². The smallest absolute Gasteiger partial charge is 0.266 e. The fraction of sp³-hybridized carbons (Fsp3) is 0.450.